The van der Waals surface area contributed by atoms with Gasteiger partial charge < -0.3 is 4.42 Å². The van der Waals surface area contributed by atoms with Crippen molar-refractivity contribution in [3.63, 3.8) is 0 Å². The van der Waals surface area contributed by atoms with Crippen molar-refractivity contribution in [1.82, 2.24) is 4.98 Å². The third kappa shape index (κ3) is 3.06. The van der Waals surface area contributed by atoms with Crippen molar-refractivity contribution >= 4 is 55.0 Å². The van der Waals surface area contributed by atoms with Gasteiger partial charge in [0.15, 0.2) is 10.6 Å². The number of hydrogen-bond donors (Lipinski definition) is 0. The van der Waals surface area contributed by atoms with Crippen LogP contribution in [0.1, 0.15) is 38.3 Å². The topological polar surface area (TPSA) is 107 Å². The lowest BCUT2D eigenvalue weighted by molar-refractivity contribution is -0.384. The number of benzene rings is 2. The van der Waals surface area contributed by atoms with E-state index in [1.165, 1.54) is 34.4 Å². The minimum Gasteiger partial charge on any atom is -0.450 e. The number of carbonyl (C=O) groups is 1. The number of rotatable bonds is 3. The number of anilines is 1. The molecule has 0 saturated heterocycles. The third-order valence-corrected chi connectivity index (χ3v) is 7.02. The molecule has 0 spiro atoms. The first-order valence-corrected chi connectivity index (χ1v) is 11.2. The fourth-order valence-corrected chi connectivity index (χ4v) is 5.12. The molecule has 2 aromatic heterocycles. The Morgan fingerprint density at radius 2 is 1.97 bits per heavy atom. The highest BCUT2D eigenvalue weighted by Crippen LogP contribution is 2.43. The molecule has 4 aromatic rings. The molecule has 32 heavy (non-hydrogen) atoms. The Hall–Kier alpha value is -3.37. The van der Waals surface area contributed by atoms with E-state index in [0.29, 0.717) is 20.6 Å². The van der Waals surface area contributed by atoms with Gasteiger partial charge in [0, 0.05) is 21.5 Å². The van der Waals surface area contributed by atoms with Crippen molar-refractivity contribution in [2.75, 3.05) is 4.90 Å². The van der Waals surface area contributed by atoms with Gasteiger partial charge in [0.2, 0.25) is 5.76 Å². The second-order valence-electron chi connectivity index (χ2n) is 7.38. The van der Waals surface area contributed by atoms with Crippen molar-refractivity contribution in [3.05, 3.63) is 94.7 Å². The molecule has 0 aliphatic carbocycles. The van der Waals surface area contributed by atoms with Gasteiger partial charge >= 0.3 is 0 Å². The van der Waals surface area contributed by atoms with Gasteiger partial charge in [0.25, 0.3) is 11.6 Å². The van der Waals surface area contributed by atoms with Crippen LogP contribution in [-0.4, -0.2) is 15.8 Å². The molecule has 0 bridgehead atoms. The summed E-state index contributed by atoms with van der Waals surface area (Å²) in [4.78, 5) is 44.8. The van der Waals surface area contributed by atoms with Crippen LogP contribution in [0.15, 0.2) is 56.1 Å². The first kappa shape index (κ1) is 20.5. The average Bonchev–Trinajstić information content (AvgIpc) is 3.25. The lowest BCUT2D eigenvalue weighted by Gasteiger charge is -2.22. The Balaban J connectivity index is 1.83. The van der Waals surface area contributed by atoms with Crippen LogP contribution in [0.4, 0.5) is 10.8 Å². The Morgan fingerprint density at radius 1 is 1.19 bits per heavy atom. The maximum atomic E-state index is 13.6. The number of fused-ring (bicyclic) bond motifs is 2. The number of thiazole rings is 1. The fourth-order valence-electron chi connectivity index (χ4n) is 3.83. The predicted octanol–water partition coefficient (Wildman–Crippen LogP) is 5.29. The van der Waals surface area contributed by atoms with Crippen LogP contribution in [0.25, 0.3) is 11.0 Å². The number of aromatic nitrogens is 1. The van der Waals surface area contributed by atoms with Crippen LogP contribution < -0.4 is 10.3 Å². The number of nitro groups is 1. The highest BCUT2D eigenvalue weighted by molar-refractivity contribution is 9.10. The predicted molar refractivity (Wildman–Crippen MR) is 124 cm³/mol. The maximum absolute atomic E-state index is 13.6. The van der Waals surface area contributed by atoms with E-state index in [2.05, 4.69) is 20.9 Å². The molecule has 0 saturated carbocycles. The summed E-state index contributed by atoms with van der Waals surface area (Å²) in [6, 6.07) is 10.0. The summed E-state index contributed by atoms with van der Waals surface area (Å²) in [5.74, 6) is -0.584. The van der Waals surface area contributed by atoms with Gasteiger partial charge in [0.1, 0.15) is 5.58 Å². The van der Waals surface area contributed by atoms with Crippen molar-refractivity contribution in [2.45, 2.75) is 19.9 Å². The minimum atomic E-state index is -0.901. The Morgan fingerprint density at radius 3 is 2.66 bits per heavy atom. The van der Waals surface area contributed by atoms with Gasteiger partial charge in [-0.05, 0) is 37.6 Å². The number of nitrogens with zero attached hydrogens (tertiary/aromatic N) is 3. The monoisotopic (exact) mass is 511 g/mol. The summed E-state index contributed by atoms with van der Waals surface area (Å²) in [7, 11) is 0. The lowest BCUT2D eigenvalue weighted by Crippen LogP contribution is -2.29. The number of hydrogen-bond acceptors (Lipinski definition) is 7. The Labute approximate surface area is 193 Å². The van der Waals surface area contributed by atoms with Crippen molar-refractivity contribution < 1.29 is 14.1 Å². The van der Waals surface area contributed by atoms with Gasteiger partial charge in [-0.2, -0.15) is 0 Å². The molecule has 160 valence electrons. The van der Waals surface area contributed by atoms with E-state index in [4.69, 9.17) is 4.42 Å². The third-order valence-electron chi connectivity index (χ3n) is 5.45. The zero-order chi connectivity index (χ0) is 22.7. The van der Waals surface area contributed by atoms with Crippen LogP contribution in [-0.2, 0) is 0 Å². The smallest absolute Gasteiger partial charge is 0.297 e. The summed E-state index contributed by atoms with van der Waals surface area (Å²) in [6.45, 7) is 3.72. The van der Waals surface area contributed by atoms with Crippen molar-refractivity contribution in [2.24, 2.45) is 0 Å². The molecule has 0 radical (unpaired) electrons. The maximum Gasteiger partial charge on any atom is 0.297 e. The highest BCUT2D eigenvalue weighted by Gasteiger charge is 2.45. The summed E-state index contributed by atoms with van der Waals surface area (Å²) >= 11 is 4.68. The quantitative estimate of drug-likeness (QED) is 0.273. The molecule has 3 heterocycles. The minimum absolute atomic E-state index is 0.0770. The molecular formula is C22H14BrN3O5S. The molecule has 1 aliphatic rings. The molecule has 10 heteroatoms. The fraction of sp³-hybridized carbons (Fsp3) is 0.136. The van der Waals surface area contributed by atoms with E-state index in [1.807, 2.05) is 13.8 Å². The van der Waals surface area contributed by atoms with E-state index in [0.717, 1.165) is 10.6 Å². The Kier molecular flexibility index (Phi) is 4.72. The van der Waals surface area contributed by atoms with Crippen LogP contribution in [0, 0.1) is 24.0 Å². The van der Waals surface area contributed by atoms with Gasteiger partial charge in [-0.3, -0.25) is 24.6 Å². The number of amides is 1. The number of carbonyl (C=O) groups excluding carboxylic acids is 1. The molecule has 5 rings (SSSR count). The van der Waals surface area contributed by atoms with Gasteiger partial charge in [-0.25, -0.2) is 4.98 Å². The SMILES string of the molecule is Cc1nc(N2C(=O)c3oc4ccc(Br)cc4c(=O)c3[C@H]2c2cccc([N+](=O)[O-])c2)sc1C. The molecule has 0 fully saturated rings. The second kappa shape index (κ2) is 7.35. The van der Waals surface area contributed by atoms with Gasteiger partial charge in [0.05, 0.1) is 27.6 Å². The zero-order valence-corrected chi connectivity index (χ0v) is 19.2. The summed E-state index contributed by atoms with van der Waals surface area (Å²) < 4.78 is 6.59. The van der Waals surface area contributed by atoms with E-state index < -0.39 is 16.9 Å². The molecule has 8 nitrogen and oxygen atoms in total. The number of aryl methyl sites for hydroxylation is 2. The number of non-ortho nitro benzene ring substituents is 1. The first-order chi connectivity index (χ1) is 15.3. The molecule has 1 atom stereocenters. The molecule has 0 unspecified atom stereocenters. The van der Waals surface area contributed by atoms with Crippen LogP contribution in [0.5, 0.6) is 0 Å². The van der Waals surface area contributed by atoms with Crippen molar-refractivity contribution in [1.29, 1.82) is 0 Å². The van der Waals surface area contributed by atoms with Crippen LogP contribution in [0.3, 0.4) is 0 Å². The van der Waals surface area contributed by atoms with E-state index >= 15 is 0 Å². The molecule has 1 amide bonds. The van der Waals surface area contributed by atoms with Crippen molar-refractivity contribution in [3.8, 4) is 0 Å². The lowest BCUT2D eigenvalue weighted by atomic mass is 9.98. The highest BCUT2D eigenvalue weighted by atomic mass is 79.9. The van der Waals surface area contributed by atoms with E-state index in [1.54, 1.807) is 24.3 Å². The number of nitro benzene ring substituents is 1. The molecule has 0 N–H and O–H groups in total. The van der Waals surface area contributed by atoms with E-state index in [9.17, 15) is 19.7 Å². The number of halogens is 1. The second-order valence-corrected chi connectivity index (χ2v) is 9.48. The summed E-state index contributed by atoms with van der Waals surface area (Å²) in [5, 5.41) is 12.1. The average molecular weight is 512 g/mol. The zero-order valence-electron chi connectivity index (χ0n) is 16.8. The molecule has 1 aliphatic heterocycles. The Bertz CT molecular complexity index is 1490. The van der Waals surface area contributed by atoms with Gasteiger partial charge in [-0.1, -0.05) is 28.1 Å². The van der Waals surface area contributed by atoms with Crippen LogP contribution >= 0.6 is 27.3 Å². The normalized spacial score (nSPS) is 15.4. The standard InChI is InChI=1S/C22H14BrN3O5S/c1-10-11(2)32-22(24-10)25-18(12-4-3-5-14(8-12)26(29)30)17-19(27)15-9-13(23)6-7-16(15)31-20(17)21(25)28/h3-9,18H,1-2H3/t18-/m1/s1. The van der Waals surface area contributed by atoms with E-state index in [-0.39, 0.29) is 28.0 Å². The first-order valence-electron chi connectivity index (χ1n) is 9.54. The summed E-state index contributed by atoms with van der Waals surface area (Å²) in [5.41, 5.74) is 1.13. The molecular weight excluding hydrogens is 498 g/mol. The van der Waals surface area contributed by atoms with Crippen LogP contribution in [0.2, 0.25) is 0 Å². The summed E-state index contributed by atoms with van der Waals surface area (Å²) in [6.07, 6.45) is 0. The molecule has 2 aromatic carbocycles. The van der Waals surface area contributed by atoms with Gasteiger partial charge in [-0.15, -0.1) is 11.3 Å². The largest absolute Gasteiger partial charge is 0.450 e.